The normalized spacial score (nSPS) is 14.2. The zero-order valence-electron chi connectivity index (χ0n) is 10.6. The first-order valence-electron chi connectivity index (χ1n) is 5.82. The molecular formula is C14H10BrF2NO2S. The molecule has 3 nitrogen and oxygen atoms in total. The first-order valence-corrected chi connectivity index (χ1v) is 8.13. The van der Waals surface area contributed by atoms with Crippen LogP contribution < -0.4 is 0 Å². The Morgan fingerprint density at radius 3 is 1.95 bits per heavy atom. The molecule has 2 aromatic rings. The van der Waals surface area contributed by atoms with Gasteiger partial charge in [-0.3, -0.25) is 4.79 Å². The molecule has 21 heavy (non-hydrogen) atoms. The van der Waals surface area contributed by atoms with Gasteiger partial charge < -0.3 is 0 Å². The molecule has 0 radical (unpaired) electrons. The Hall–Kier alpha value is -1.60. The van der Waals surface area contributed by atoms with Gasteiger partial charge in [0.05, 0.1) is 4.90 Å². The summed E-state index contributed by atoms with van der Waals surface area (Å²) >= 11 is 2.08. The van der Waals surface area contributed by atoms with Crippen molar-refractivity contribution < 1.29 is 17.8 Å². The first kappa shape index (κ1) is 15.8. The third kappa shape index (κ3) is 3.36. The Balaban J connectivity index is 2.60. The van der Waals surface area contributed by atoms with Crippen molar-refractivity contribution in [2.45, 2.75) is 9.06 Å². The van der Waals surface area contributed by atoms with E-state index < -0.39 is 19.8 Å². The third-order valence-electron chi connectivity index (χ3n) is 2.61. The van der Waals surface area contributed by atoms with Gasteiger partial charge in [0, 0.05) is 21.5 Å². The van der Waals surface area contributed by atoms with E-state index in [1.165, 1.54) is 36.4 Å². The Kier molecular flexibility index (Phi) is 4.53. The minimum absolute atomic E-state index is 0.0953. The number of nitrogens with zero attached hydrogens (tertiary/aromatic N) is 1. The first-order chi connectivity index (χ1) is 9.84. The van der Waals surface area contributed by atoms with E-state index in [0.717, 1.165) is 0 Å². The van der Waals surface area contributed by atoms with Crippen LogP contribution in [0.1, 0.15) is 10.4 Å². The standard InChI is InChI=1S/C14H10BrF2NO2S/c15-14(16,17)21(20,12-9-5-2-6-10-12)18-13(19)11-7-3-1-4-8-11/h1-10H. The van der Waals surface area contributed by atoms with E-state index in [-0.39, 0.29) is 10.5 Å². The van der Waals surface area contributed by atoms with E-state index in [4.69, 9.17) is 0 Å². The fraction of sp³-hybridized carbons (Fsp3) is 0.0714. The highest BCUT2D eigenvalue weighted by Crippen LogP contribution is 2.36. The minimum Gasteiger partial charge on any atom is -0.266 e. The lowest BCUT2D eigenvalue weighted by molar-refractivity contribution is 0.100. The number of hydrogen-bond donors (Lipinski definition) is 0. The van der Waals surface area contributed by atoms with Gasteiger partial charge in [0.25, 0.3) is 5.91 Å². The second kappa shape index (κ2) is 6.03. The summed E-state index contributed by atoms with van der Waals surface area (Å²) in [7, 11) is -4.27. The summed E-state index contributed by atoms with van der Waals surface area (Å²) in [5.74, 6) is -0.955. The molecular weight excluding hydrogens is 364 g/mol. The molecule has 0 aliphatic carbocycles. The topological polar surface area (TPSA) is 46.5 Å². The molecule has 7 heteroatoms. The van der Waals surface area contributed by atoms with Crippen LogP contribution >= 0.6 is 15.9 Å². The average Bonchev–Trinajstić information content (AvgIpc) is 2.47. The highest BCUT2D eigenvalue weighted by Gasteiger charge is 2.41. The van der Waals surface area contributed by atoms with E-state index in [1.54, 1.807) is 24.3 Å². The van der Waals surface area contributed by atoms with Crippen molar-refractivity contribution in [3.8, 4) is 0 Å². The zero-order valence-corrected chi connectivity index (χ0v) is 13.0. The van der Waals surface area contributed by atoms with Crippen molar-refractivity contribution in [3.63, 3.8) is 0 Å². The molecule has 0 aliphatic rings. The Morgan fingerprint density at radius 1 is 1.00 bits per heavy atom. The molecule has 0 aromatic heterocycles. The lowest BCUT2D eigenvalue weighted by atomic mass is 10.2. The second-order valence-electron chi connectivity index (χ2n) is 4.05. The quantitative estimate of drug-likeness (QED) is 0.753. The van der Waals surface area contributed by atoms with Gasteiger partial charge in [0.1, 0.15) is 0 Å². The van der Waals surface area contributed by atoms with Gasteiger partial charge in [-0.15, -0.1) is 4.36 Å². The van der Waals surface area contributed by atoms with Crippen molar-refractivity contribution in [2.24, 2.45) is 4.36 Å². The third-order valence-corrected chi connectivity index (χ3v) is 5.89. The molecule has 2 aromatic carbocycles. The Morgan fingerprint density at radius 2 is 1.48 bits per heavy atom. The van der Waals surface area contributed by atoms with Crippen LogP contribution in [0.25, 0.3) is 0 Å². The van der Waals surface area contributed by atoms with Gasteiger partial charge in [-0.05, 0) is 24.3 Å². The van der Waals surface area contributed by atoms with Gasteiger partial charge in [-0.2, -0.15) is 8.78 Å². The minimum atomic E-state index is -4.27. The largest absolute Gasteiger partial charge is 0.387 e. The molecule has 1 amide bonds. The molecule has 2 rings (SSSR count). The van der Waals surface area contributed by atoms with Crippen LogP contribution in [0.2, 0.25) is 0 Å². The molecule has 1 unspecified atom stereocenters. The molecule has 0 fully saturated rings. The number of benzene rings is 2. The molecule has 0 spiro atoms. The SMILES string of the molecule is O=C(N=S(=O)(c1ccccc1)C(F)(F)Br)c1ccccc1. The summed E-state index contributed by atoms with van der Waals surface area (Å²) < 4.78 is 39.5. The van der Waals surface area contributed by atoms with E-state index in [2.05, 4.69) is 20.3 Å². The number of rotatable bonds is 3. The fourth-order valence-electron chi connectivity index (χ4n) is 1.59. The van der Waals surface area contributed by atoms with Crippen molar-refractivity contribution in [1.29, 1.82) is 0 Å². The van der Waals surface area contributed by atoms with Crippen LogP contribution in [0, 0.1) is 0 Å². The van der Waals surface area contributed by atoms with Crippen LogP contribution in [0.4, 0.5) is 8.78 Å². The molecule has 110 valence electrons. The maximum absolute atomic E-state index is 13.7. The predicted molar refractivity (Wildman–Crippen MR) is 79.9 cm³/mol. The molecule has 1 atom stereocenters. The van der Waals surface area contributed by atoms with Crippen molar-refractivity contribution >= 4 is 31.6 Å². The highest BCUT2D eigenvalue weighted by atomic mass is 79.9. The average molecular weight is 374 g/mol. The number of carbonyl (C=O) groups is 1. The molecule has 0 aliphatic heterocycles. The lowest BCUT2D eigenvalue weighted by Crippen LogP contribution is -2.22. The van der Waals surface area contributed by atoms with E-state index >= 15 is 0 Å². The summed E-state index contributed by atoms with van der Waals surface area (Å²) in [5.41, 5.74) is 0.0953. The number of alkyl halides is 3. The van der Waals surface area contributed by atoms with Crippen molar-refractivity contribution in [1.82, 2.24) is 0 Å². The van der Waals surface area contributed by atoms with Crippen molar-refractivity contribution in [2.75, 3.05) is 0 Å². The monoisotopic (exact) mass is 373 g/mol. The number of carbonyl (C=O) groups excluding carboxylic acids is 1. The van der Waals surface area contributed by atoms with Crippen LogP contribution in [0.15, 0.2) is 69.9 Å². The van der Waals surface area contributed by atoms with Gasteiger partial charge in [0.2, 0.25) is 0 Å². The zero-order chi connectivity index (χ0) is 15.5. The Bertz CT molecular complexity index is 752. The summed E-state index contributed by atoms with van der Waals surface area (Å²) in [4.78, 5) is 11.8. The summed E-state index contributed by atoms with van der Waals surface area (Å²) in [6, 6.07) is 14.6. The number of amides is 1. The highest BCUT2D eigenvalue weighted by molar-refractivity contribution is 9.11. The lowest BCUT2D eigenvalue weighted by Gasteiger charge is -2.15. The van der Waals surface area contributed by atoms with Crippen LogP contribution in [0.5, 0.6) is 0 Å². The summed E-state index contributed by atoms with van der Waals surface area (Å²) in [6.45, 7) is 0. The molecule has 0 saturated heterocycles. The van der Waals surface area contributed by atoms with Crippen LogP contribution in [0.3, 0.4) is 0 Å². The maximum Gasteiger partial charge on any atom is 0.387 e. The van der Waals surface area contributed by atoms with Gasteiger partial charge >= 0.3 is 4.16 Å². The van der Waals surface area contributed by atoms with Crippen molar-refractivity contribution in [3.05, 3.63) is 66.2 Å². The molecule has 0 N–H and O–H groups in total. The van der Waals surface area contributed by atoms with Gasteiger partial charge in [-0.25, -0.2) is 4.21 Å². The fourth-order valence-corrected chi connectivity index (χ4v) is 3.71. The van der Waals surface area contributed by atoms with E-state index in [0.29, 0.717) is 0 Å². The van der Waals surface area contributed by atoms with Crippen LogP contribution in [-0.2, 0) is 9.73 Å². The summed E-state index contributed by atoms with van der Waals surface area (Å²) in [5, 5.41) is 0. The van der Waals surface area contributed by atoms with Gasteiger partial charge in [-0.1, -0.05) is 36.4 Å². The summed E-state index contributed by atoms with van der Waals surface area (Å²) in [6.07, 6.45) is 0. The van der Waals surface area contributed by atoms with E-state index in [9.17, 15) is 17.8 Å². The molecule has 0 saturated carbocycles. The number of hydrogen-bond acceptors (Lipinski definition) is 2. The second-order valence-corrected chi connectivity index (χ2v) is 7.79. The molecule has 0 heterocycles. The maximum atomic E-state index is 13.7. The predicted octanol–water partition coefficient (Wildman–Crippen LogP) is 4.30. The number of halogens is 3. The molecule has 0 bridgehead atoms. The smallest absolute Gasteiger partial charge is 0.266 e. The Labute approximate surface area is 129 Å². The van der Waals surface area contributed by atoms with E-state index in [1.807, 2.05) is 0 Å². The van der Waals surface area contributed by atoms with Gasteiger partial charge in [0.15, 0.2) is 9.73 Å². The van der Waals surface area contributed by atoms with Crippen LogP contribution in [-0.4, -0.2) is 14.3 Å².